The van der Waals surface area contributed by atoms with Crippen LogP contribution in [0.5, 0.6) is 11.5 Å². The van der Waals surface area contributed by atoms with Gasteiger partial charge in [-0.2, -0.15) is 10.5 Å². The monoisotopic (exact) mass is 560 g/mol. The van der Waals surface area contributed by atoms with Crippen LogP contribution in [0.4, 0.5) is 0 Å². The largest absolute Gasteiger partial charge is 0.493 e. The van der Waals surface area contributed by atoms with Gasteiger partial charge in [-0.05, 0) is 76.2 Å². The molecule has 0 radical (unpaired) electrons. The van der Waals surface area contributed by atoms with Crippen LogP contribution in [0.2, 0.25) is 10.0 Å². The lowest BCUT2D eigenvalue weighted by Gasteiger charge is -2.14. The van der Waals surface area contributed by atoms with Crippen LogP contribution < -0.4 is 9.47 Å². The number of halogens is 3. The predicted octanol–water partition coefficient (Wildman–Crippen LogP) is 7.12. The van der Waals surface area contributed by atoms with Crippen molar-refractivity contribution in [3.8, 4) is 23.6 Å². The van der Waals surface area contributed by atoms with Gasteiger partial charge < -0.3 is 9.47 Å². The van der Waals surface area contributed by atoms with Gasteiger partial charge in [-0.3, -0.25) is 0 Å². The molecule has 0 aliphatic carbocycles. The van der Waals surface area contributed by atoms with Crippen LogP contribution in [0.3, 0.4) is 0 Å². The molecule has 0 spiro atoms. The lowest BCUT2D eigenvalue weighted by atomic mass is 10.0. The molecule has 3 rings (SSSR count). The van der Waals surface area contributed by atoms with Gasteiger partial charge in [0.15, 0.2) is 11.5 Å². The Kier molecular flexibility index (Phi) is 7.81. The Morgan fingerprint density at radius 3 is 2.58 bits per heavy atom. The van der Waals surface area contributed by atoms with E-state index >= 15 is 0 Å². The molecule has 0 aliphatic rings. The second-order valence-corrected chi connectivity index (χ2v) is 8.43. The minimum absolute atomic E-state index is 0.252. The molecular weight excluding hydrogens is 546 g/mol. The zero-order valence-electron chi connectivity index (χ0n) is 16.3. The Balaban J connectivity index is 1.91. The summed E-state index contributed by atoms with van der Waals surface area (Å²) in [5, 5.41) is 19.8. The highest BCUT2D eigenvalue weighted by molar-refractivity contribution is 14.1. The van der Waals surface area contributed by atoms with Crippen LogP contribution in [0.25, 0.3) is 11.6 Å². The van der Waals surface area contributed by atoms with Crippen LogP contribution >= 0.6 is 45.8 Å². The van der Waals surface area contributed by atoms with E-state index in [0.717, 1.165) is 14.7 Å². The van der Waals surface area contributed by atoms with E-state index in [1.807, 2.05) is 12.1 Å². The molecule has 0 atom stereocenters. The first kappa shape index (κ1) is 23.0. The van der Waals surface area contributed by atoms with E-state index in [1.54, 1.807) is 55.7 Å². The zero-order chi connectivity index (χ0) is 22.4. The molecule has 0 saturated heterocycles. The van der Waals surface area contributed by atoms with Crippen molar-refractivity contribution in [2.45, 2.75) is 6.61 Å². The normalized spacial score (nSPS) is 10.8. The number of ether oxygens (including phenoxy) is 2. The first-order chi connectivity index (χ1) is 14.9. The third kappa shape index (κ3) is 5.71. The number of nitriles is 2. The number of rotatable bonds is 6. The molecule has 31 heavy (non-hydrogen) atoms. The molecule has 0 heterocycles. The summed E-state index contributed by atoms with van der Waals surface area (Å²) in [6, 6.07) is 20.2. The van der Waals surface area contributed by atoms with Crippen LogP contribution in [-0.2, 0) is 6.61 Å². The van der Waals surface area contributed by atoms with Gasteiger partial charge >= 0.3 is 0 Å². The molecule has 0 bridgehead atoms. The maximum Gasteiger partial charge on any atom is 0.174 e. The molecule has 0 amide bonds. The highest BCUT2D eigenvalue weighted by Crippen LogP contribution is 2.36. The van der Waals surface area contributed by atoms with Gasteiger partial charge in [-0.15, -0.1) is 0 Å². The van der Waals surface area contributed by atoms with E-state index in [4.69, 9.17) is 37.9 Å². The smallest absolute Gasteiger partial charge is 0.174 e. The fourth-order valence-corrected chi connectivity index (χ4v) is 4.10. The highest BCUT2D eigenvalue weighted by Gasteiger charge is 2.13. The summed E-state index contributed by atoms with van der Waals surface area (Å²) < 4.78 is 12.3. The molecule has 154 valence electrons. The van der Waals surface area contributed by atoms with Crippen molar-refractivity contribution in [2.75, 3.05) is 7.11 Å². The minimum atomic E-state index is 0.252. The van der Waals surface area contributed by atoms with Gasteiger partial charge in [0.25, 0.3) is 0 Å². The van der Waals surface area contributed by atoms with E-state index < -0.39 is 0 Å². The van der Waals surface area contributed by atoms with Crippen molar-refractivity contribution in [3.63, 3.8) is 0 Å². The Hall–Kier alpha value is -2.71. The van der Waals surface area contributed by atoms with Crippen molar-refractivity contribution >= 4 is 57.4 Å². The molecule has 0 unspecified atom stereocenters. The first-order valence-electron chi connectivity index (χ1n) is 9.01. The number of methoxy groups -OCH3 is 1. The van der Waals surface area contributed by atoms with Crippen LogP contribution in [-0.4, -0.2) is 7.11 Å². The SMILES string of the molecule is COc1cc(C=C(C#N)c2cccc(C#N)c2)cc(I)c1OCc1ccc(Cl)cc1Cl. The number of allylic oxidation sites excluding steroid dienone is 1. The molecule has 3 aromatic carbocycles. The summed E-state index contributed by atoms with van der Waals surface area (Å²) in [6.45, 7) is 0.252. The van der Waals surface area contributed by atoms with Crippen molar-refractivity contribution in [1.82, 2.24) is 0 Å². The van der Waals surface area contributed by atoms with Crippen LogP contribution in [0.15, 0.2) is 54.6 Å². The standard InChI is InChI=1S/C24H15Cl2IN2O2/c1-30-23-10-16(8-19(13-29)17-4-2-3-15(7-17)12-28)9-22(27)24(23)31-14-18-5-6-20(25)11-21(18)26/h2-11H,14H2,1H3. The van der Waals surface area contributed by atoms with Gasteiger partial charge in [-0.1, -0.05) is 41.4 Å². The summed E-state index contributed by atoms with van der Waals surface area (Å²) in [4.78, 5) is 0. The molecule has 7 heteroatoms. The Morgan fingerprint density at radius 2 is 1.90 bits per heavy atom. The third-order valence-corrected chi connectivity index (χ3v) is 5.76. The van der Waals surface area contributed by atoms with Crippen molar-refractivity contribution < 1.29 is 9.47 Å². The molecule has 0 N–H and O–H groups in total. The molecule has 0 saturated carbocycles. The predicted molar refractivity (Wildman–Crippen MR) is 131 cm³/mol. The van der Waals surface area contributed by atoms with Crippen molar-refractivity contribution in [1.29, 1.82) is 10.5 Å². The molecule has 4 nitrogen and oxygen atoms in total. The Bertz CT molecular complexity index is 1240. The van der Waals surface area contributed by atoms with E-state index in [2.05, 4.69) is 34.7 Å². The molecule has 0 aliphatic heterocycles. The second-order valence-electron chi connectivity index (χ2n) is 6.42. The lowest BCUT2D eigenvalue weighted by Crippen LogP contribution is -2.01. The Morgan fingerprint density at radius 1 is 1.10 bits per heavy atom. The maximum atomic E-state index is 9.63. The van der Waals surface area contributed by atoms with Crippen LogP contribution in [0, 0.1) is 26.2 Å². The number of benzene rings is 3. The summed E-state index contributed by atoms with van der Waals surface area (Å²) in [5.74, 6) is 1.11. The number of nitrogens with zero attached hydrogens (tertiary/aromatic N) is 2. The molecule has 3 aromatic rings. The maximum absolute atomic E-state index is 9.63. The summed E-state index contributed by atoms with van der Waals surface area (Å²) >= 11 is 14.3. The third-order valence-electron chi connectivity index (χ3n) is 4.37. The van der Waals surface area contributed by atoms with E-state index in [9.17, 15) is 5.26 Å². The van der Waals surface area contributed by atoms with Gasteiger partial charge in [0.2, 0.25) is 0 Å². The molecule has 0 aromatic heterocycles. The van der Waals surface area contributed by atoms with Gasteiger partial charge in [0.1, 0.15) is 6.61 Å². The minimum Gasteiger partial charge on any atom is -0.493 e. The molecular formula is C24H15Cl2IN2O2. The average molecular weight is 561 g/mol. The first-order valence-corrected chi connectivity index (χ1v) is 10.8. The van der Waals surface area contributed by atoms with Crippen LogP contribution in [0.1, 0.15) is 22.3 Å². The quantitative estimate of drug-likeness (QED) is 0.183. The van der Waals surface area contributed by atoms with Crippen molar-refractivity contribution in [3.05, 3.63) is 90.5 Å². The Labute approximate surface area is 204 Å². The number of hydrogen-bond donors (Lipinski definition) is 0. The fourth-order valence-electron chi connectivity index (χ4n) is 2.85. The molecule has 0 fully saturated rings. The summed E-state index contributed by atoms with van der Waals surface area (Å²) in [6.07, 6.45) is 1.75. The summed E-state index contributed by atoms with van der Waals surface area (Å²) in [5.41, 5.74) is 3.19. The second kappa shape index (κ2) is 10.5. The zero-order valence-corrected chi connectivity index (χ0v) is 20.0. The van der Waals surface area contributed by atoms with Gasteiger partial charge in [0.05, 0.1) is 34.0 Å². The average Bonchev–Trinajstić information content (AvgIpc) is 2.77. The summed E-state index contributed by atoms with van der Waals surface area (Å²) in [7, 11) is 1.56. The highest BCUT2D eigenvalue weighted by atomic mass is 127. The van der Waals surface area contributed by atoms with E-state index in [-0.39, 0.29) is 6.61 Å². The van der Waals surface area contributed by atoms with Gasteiger partial charge in [0, 0.05) is 15.6 Å². The fraction of sp³-hybridized carbons (Fsp3) is 0.0833. The topological polar surface area (TPSA) is 66.0 Å². The van der Waals surface area contributed by atoms with E-state index in [0.29, 0.717) is 38.2 Å². The van der Waals surface area contributed by atoms with E-state index in [1.165, 1.54) is 0 Å². The number of hydrogen-bond acceptors (Lipinski definition) is 4. The van der Waals surface area contributed by atoms with Gasteiger partial charge in [-0.25, -0.2) is 0 Å². The lowest BCUT2D eigenvalue weighted by molar-refractivity contribution is 0.282. The van der Waals surface area contributed by atoms with Crippen molar-refractivity contribution in [2.24, 2.45) is 0 Å².